The molecular formula is C19H18FN3OS. The fourth-order valence-corrected chi connectivity index (χ4v) is 4.19. The third kappa shape index (κ3) is 3.23. The number of halogens is 1. The summed E-state index contributed by atoms with van der Waals surface area (Å²) in [6, 6.07) is 6.74. The second-order valence-corrected chi connectivity index (χ2v) is 7.27. The van der Waals surface area contributed by atoms with Gasteiger partial charge >= 0.3 is 0 Å². The van der Waals surface area contributed by atoms with Gasteiger partial charge in [0.25, 0.3) is 0 Å². The van der Waals surface area contributed by atoms with Crippen LogP contribution in [0.2, 0.25) is 0 Å². The minimum atomic E-state index is -0.376. The third-order valence-corrected chi connectivity index (χ3v) is 5.52. The Balaban J connectivity index is 1.48. The molecule has 4 nitrogen and oxygen atoms in total. The second-order valence-electron chi connectivity index (χ2n) is 6.27. The highest BCUT2D eigenvalue weighted by atomic mass is 32.1. The van der Waals surface area contributed by atoms with Crippen LogP contribution >= 0.6 is 11.3 Å². The standard InChI is InChI=1S/C19H18FN3OS/c20-14-1-2-16-17(9-22-18(16)8-14)12-3-5-23(6-4-12)10-15-7-13(11-25-15)19(21)24/h1-3,7-9,11,22H,4-6,10H2,(H2,21,24). The van der Waals surface area contributed by atoms with E-state index in [9.17, 15) is 9.18 Å². The van der Waals surface area contributed by atoms with E-state index in [4.69, 9.17) is 5.73 Å². The number of aromatic amines is 1. The molecule has 0 bridgehead atoms. The maximum Gasteiger partial charge on any atom is 0.249 e. The summed E-state index contributed by atoms with van der Waals surface area (Å²) in [4.78, 5) is 17.8. The summed E-state index contributed by atoms with van der Waals surface area (Å²) in [5.41, 5.74) is 9.16. The van der Waals surface area contributed by atoms with Gasteiger partial charge in [-0.15, -0.1) is 11.3 Å². The van der Waals surface area contributed by atoms with E-state index in [1.807, 2.05) is 23.7 Å². The molecule has 1 aliphatic heterocycles. The summed E-state index contributed by atoms with van der Waals surface area (Å²) in [7, 11) is 0. The van der Waals surface area contributed by atoms with Gasteiger partial charge in [-0.2, -0.15) is 0 Å². The lowest BCUT2D eigenvalue weighted by atomic mass is 9.99. The lowest BCUT2D eigenvalue weighted by molar-refractivity contribution is 0.100. The van der Waals surface area contributed by atoms with Gasteiger partial charge in [0.05, 0.1) is 5.56 Å². The largest absolute Gasteiger partial charge is 0.366 e. The highest BCUT2D eigenvalue weighted by Crippen LogP contribution is 2.30. The number of hydrogen-bond acceptors (Lipinski definition) is 3. The van der Waals surface area contributed by atoms with Crippen LogP contribution in [0.25, 0.3) is 16.5 Å². The maximum atomic E-state index is 13.3. The number of hydrogen-bond donors (Lipinski definition) is 2. The Labute approximate surface area is 148 Å². The molecular weight excluding hydrogens is 337 g/mol. The van der Waals surface area contributed by atoms with E-state index in [1.54, 1.807) is 11.3 Å². The van der Waals surface area contributed by atoms with Crippen molar-refractivity contribution < 1.29 is 9.18 Å². The molecule has 0 fully saturated rings. The van der Waals surface area contributed by atoms with Crippen LogP contribution in [0.4, 0.5) is 4.39 Å². The molecule has 3 aromatic rings. The van der Waals surface area contributed by atoms with Crippen LogP contribution in [-0.2, 0) is 6.54 Å². The average molecular weight is 355 g/mol. The fraction of sp³-hybridized carbons (Fsp3) is 0.211. The fourth-order valence-electron chi connectivity index (χ4n) is 3.28. The normalized spacial score (nSPS) is 15.5. The van der Waals surface area contributed by atoms with Crippen LogP contribution in [-0.4, -0.2) is 28.9 Å². The smallest absolute Gasteiger partial charge is 0.249 e. The van der Waals surface area contributed by atoms with Gasteiger partial charge in [-0.1, -0.05) is 6.08 Å². The summed E-state index contributed by atoms with van der Waals surface area (Å²) in [6.45, 7) is 2.62. The minimum Gasteiger partial charge on any atom is -0.366 e. The first-order chi connectivity index (χ1) is 12.1. The Morgan fingerprint density at radius 1 is 1.36 bits per heavy atom. The first kappa shape index (κ1) is 16.1. The number of nitrogens with two attached hydrogens (primary N) is 1. The Morgan fingerprint density at radius 3 is 2.96 bits per heavy atom. The van der Waals surface area contributed by atoms with Gasteiger partial charge in [0.2, 0.25) is 5.91 Å². The topological polar surface area (TPSA) is 62.1 Å². The molecule has 3 heterocycles. The molecule has 1 aliphatic rings. The number of H-pyrrole nitrogens is 1. The number of primary amides is 1. The Morgan fingerprint density at radius 2 is 2.24 bits per heavy atom. The molecule has 0 saturated carbocycles. The third-order valence-electron chi connectivity index (χ3n) is 4.60. The van der Waals surface area contributed by atoms with Gasteiger partial charge in [0.15, 0.2) is 0 Å². The molecule has 1 amide bonds. The number of aromatic nitrogens is 1. The van der Waals surface area contributed by atoms with E-state index < -0.39 is 0 Å². The Kier molecular flexibility index (Phi) is 4.15. The zero-order valence-corrected chi connectivity index (χ0v) is 14.4. The molecule has 25 heavy (non-hydrogen) atoms. The highest BCUT2D eigenvalue weighted by molar-refractivity contribution is 7.10. The highest BCUT2D eigenvalue weighted by Gasteiger charge is 2.17. The molecule has 2 aromatic heterocycles. The number of carbonyl (C=O) groups excluding carboxylic acids is 1. The van der Waals surface area contributed by atoms with Gasteiger partial charge in [0, 0.05) is 52.6 Å². The quantitative estimate of drug-likeness (QED) is 0.749. The van der Waals surface area contributed by atoms with Crippen molar-refractivity contribution in [3.05, 3.63) is 63.7 Å². The van der Waals surface area contributed by atoms with Crippen LogP contribution in [0.1, 0.15) is 27.2 Å². The minimum absolute atomic E-state index is 0.226. The molecule has 3 N–H and O–H groups in total. The summed E-state index contributed by atoms with van der Waals surface area (Å²) in [5.74, 6) is -0.602. The summed E-state index contributed by atoms with van der Waals surface area (Å²) < 4.78 is 13.3. The van der Waals surface area contributed by atoms with Crippen LogP contribution in [0.5, 0.6) is 0 Å². The predicted octanol–water partition coefficient (Wildman–Crippen LogP) is 3.76. The zero-order valence-electron chi connectivity index (χ0n) is 13.6. The maximum absolute atomic E-state index is 13.3. The van der Waals surface area contributed by atoms with Crippen molar-refractivity contribution in [1.29, 1.82) is 0 Å². The van der Waals surface area contributed by atoms with Gasteiger partial charge in [-0.05, 0) is 36.3 Å². The van der Waals surface area contributed by atoms with Crippen molar-refractivity contribution in [1.82, 2.24) is 9.88 Å². The van der Waals surface area contributed by atoms with Crippen LogP contribution in [0.3, 0.4) is 0 Å². The van der Waals surface area contributed by atoms with Crippen molar-refractivity contribution in [2.45, 2.75) is 13.0 Å². The number of benzene rings is 1. The van der Waals surface area contributed by atoms with Gasteiger partial charge in [0.1, 0.15) is 5.82 Å². The SMILES string of the molecule is NC(=O)c1csc(CN2CC=C(c3c[nH]c4cc(F)ccc34)CC2)c1. The Hall–Kier alpha value is -2.44. The van der Waals surface area contributed by atoms with Crippen molar-refractivity contribution in [2.24, 2.45) is 5.73 Å². The van der Waals surface area contributed by atoms with E-state index in [1.165, 1.54) is 17.7 Å². The lowest BCUT2D eigenvalue weighted by Crippen LogP contribution is -2.27. The van der Waals surface area contributed by atoms with Crippen molar-refractivity contribution >= 4 is 33.7 Å². The number of rotatable bonds is 4. The Bertz CT molecular complexity index is 972. The molecule has 4 rings (SSSR count). The molecule has 0 unspecified atom stereocenters. The first-order valence-electron chi connectivity index (χ1n) is 8.16. The monoisotopic (exact) mass is 355 g/mol. The summed E-state index contributed by atoms with van der Waals surface area (Å²) in [5, 5.41) is 2.87. The van der Waals surface area contributed by atoms with E-state index in [0.29, 0.717) is 5.56 Å². The van der Waals surface area contributed by atoms with Gasteiger partial charge in [-0.3, -0.25) is 9.69 Å². The average Bonchev–Trinajstić information content (AvgIpc) is 3.22. The predicted molar refractivity (Wildman–Crippen MR) is 99.0 cm³/mol. The van der Waals surface area contributed by atoms with Crippen molar-refractivity contribution in [3.8, 4) is 0 Å². The number of amides is 1. The molecule has 6 heteroatoms. The van der Waals surface area contributed by atoms with Crippen molar-refractivity contribution in [3.63, 3.8) is 0 Å². The van der Waals surface area contributed by atoms with E-state index in [-0.39, 0.29) is 11.7 Å². The number of carbonyl (C=O) groups is 1. The number of nitrogens with one attached hydrogen (secondary N) is 1. The lowest BCUT2D eigenvalue weighted by Gasteiger charge is -2.25. The van der Waals surface area contributed by atoms with Gasteiger partial charge < -0.3 is 10.7 Å². The molecule has 0 spiro atoms. The van der Waals surface area contributed by atoms with E-state index in [0.717, 1.165) is 47.4 Å². The van der Waals surface area contributed by atoms with E-state index >= 15 is 0 Å². The summed E-state index contributed by atoms with van der Waals surface area (Å²) >= 11 is 1.57. The number of fused-ring (bicyclic) bond motifs is 1. The number of thiophene rings is 1. The molecule has 128 valence electrons. The van der Waals surface area contributed by atoms with Crippen LogP contribution in [0, 0.1) is 5.82 Å². The van der Waals surface area contributed by atoms with Crippen LogP contribution in [0.15, 0.2) is 41.9 Å². The molecule has 0 atom stereocenters. The first-order valence-corrected chi connectivity index (χ1v) is 9.04. The van der Waals surface area contributed by atoms with Crippen molar-refractivity contribution in [2.75, 3.05) is 13.1 Å². The van der Waals surface area contributed by atoms with Gasteiger partial charge in [-0.25, -0.2) is 4.39 Å². The van der Waals surface area contributed by atoms with E-state index in [2.05, 4.69) is 16.0 Å². The van der Waals surface area contributed by atoms with Crippen LogP contribution < -0.4 is 5.73 Å². The molecule has 1 aromatic carbocycles. The zero-order chi connectivity index (χ0) is 17.4. The molecule has 0 radical (unpaired) electrons. The number of nitrogens with zero attached hydrogens (tertiary/aromatic N) is 1. The second kappa shape index (κ2) is 6.46. The molecule has 0 aliphatic carbocycles. The molecule has 0 saturated heterocycles. The summed E-state index contributed by atoms with van der Waals surface area (Å²) in [6.07, 6.45) is 5.14.